The summed E-state index contributed by atoms with van der Waals surface area (Å²) in [6.07, 6.45) is 4.82. The predicted octanol–water partition coefficient (Wildman–Crippen LogP) is 1.35. The van der Waals surface area contributed by atoms with Crippen molar-refractivity contribution in [1.82, 2.24) is 20.3 Å². The van der Waals surface area contributed by atoms with Gasteiger partial charge in [0, 0.05) is 24.3 Å². The van der Waals surface area contributed by atoms with E-state index in [1.165, 1.54) is 11.3 Å². The molecule has 1 N–H and O–H groups in total. The number of carbonyl (C=O) groups is 1. The third-order valence-corrected chi connectivity index (χ3v) is 2.72. The summed E-state index contributed by atoms with van der Waals surface area (Å²) in [5, 5.41) is 5.12. The topological polar surface area (TPSA) is 67.8 Å². The molecule has 0 radical (unpaired) electrons. The van der Waals surface area contributed by atoms with Crippen molar-refractivity contribution in [2.45, 2.75) is 6.92 Å². The molecule has 5 nitrogen and oxygen atoms in total. The number of carbonyl (C=O) groups excluding carboxylic acids is 1. The molecule has 0 unspecified atom stereocenters. The zero-order chi connectivity index (χ0) is 11.4. The van der Waals surface area contributed by atoms with Gasteiger partial charge in [0.25, 0.3) is 5.91 Å². The molecule has 82 valence electrons. The standard InChI is InChI=1S/C10H10N4OS/c1-2-12-9(15)8-6-16-10(14-8)7-5-11-3-4-13-7/h3-6H,2H2,1H3,(H,12,15). The highest BCUT2D eigenvalue weighted by atomic mass is 32.1. The van der Waals surface area contributed by atoms with Gasteiger partial charge >= 0.3 is 0 Å². The van der Waals surface area contributed by atoms with Crippen molar-refractivity contribution in [3.8, 4) is 10.7 Å². The Hall–Kier alpha value is -1.82. The van der Waals surface area contributed by atoms with Crippen LogP contribution < -0.4 is 5.32 Å². The first kappa shape index (κ1) is 10.7. The molecule has 0 saturated heterocycles. The van der Waals surface area contributed by atoms with Crippen LogP contribution in [0, 0.1) is 0 Å². The van der Waals surface area contributed by atoms with E-state index in [2.05, 4.69) is 20.3 Å². The summed E-state index contributed by atoms with van der Waals surface area (Å²) in [5.41, 5.74) is 1.11. The van der Waals surface area contributed by atoms with Crippen LogP contribution in [0.3, 0.4) is 0 Å². The number of nitrogens with zero attached hydrogens (tertiary/aromatic N) is 3. The number of aromatic nitrogens is 3. The van der Waals surface area contributed by atoms with E-state index in [0.29, 0.717) is 22.9 Å². The molecule has 0 bridgehead atoms. The second kappa shape index (κ2) is 4.80. The van der Waals surface area contributed by atoms with Gasteiger partial charge in [-0.25, -0.2) is 4.98 Å². The minimum Gasteiger partial charge on any atom is -0.351 e. The Morgan fingerprint density at radius 2 is 2.38 bits per heavy atom. The van der Waals surface area contributed by atoms with Crippen LogP contribution in [-0.4, -0.2) is 27.4 Å². The summed E-state index contributed by atoms with van der Waals surface area (Å²) >= 11 is 1.38. The summed E-state index contributed by atoms with van der Waals surface area (Å²) in [4.78, 5) is 23.8. The second-order valence-corrected chi connectivity index (χ2v) is 3.85. The molecule has 0 saturated carbocycles. The maximum Gasteiger partial charge on any atom is 0.270 e. The maximum absolute atomic E-state index is 11.5. The highest BCUT2D eigenvalue weighted by Gasteiger charge is 2.11. The molecule has 0 atom stereocenters. The summed E-state index contributed by atoms with van der Waals surface area (Å²) in [7, 11) is 0. The van der Waals surface area contributed by atoms with E-state index in [9.17, 15) is 4.79 Å². The molecule has 2 rings (SSSR count). The Kier molecular flexibility index (Phi) is 3.21. The first-order chi connectivity index (χ1) is 7.81. The van der Waals surface area contributed by atoms with Gasteiger partial charge in [-0.1, -0.05) is 0 Å². The molecule has 0 aliphatic carbocycles. The third kappa shape index (κ3) is 2.22. The normalized spacial score (nSPS) is 10.1. The first-order valence-electron chi connectivity index (χ1n) is 4.81. The maximum atomic E-state index is 11.5. The Labute approximate surface area is 96.6 Å². The van der Waals surface area contributed by atoms with Crippen molar-refractivity contribution in [1.29, 1.82) is 0 Å². The molecule has 0 fully saturated rings. The molecule has 16 heavy (non-hydrogen) atoms. The molecule has 1 amide bonds. The van der Waals surface area contributed by atoms with Gasteiger partial charge in [-0.15, -0.1) is 11.3 Å². The lowest BCUT2D eigenvalue weighted by molar-refractivity contribution is 0.0951. The number of rotatable bonds is 3. The van der Waals surface area contributed by atoms with Crippen LogP contribution in [0.2, 0.25) is 0 Å². The molecule has 0 aliphatic heterocycles. The van der Waals surface area contributed by atoms with E-state index in [4.69, 9.17) is 0 Å². The second-order valence-electron chi connectivity index (χ2n) is 2.99. The molecule has 6 heteroatoms. The minimum absolute atomic E-state index is 0.158. The number of amides is 1. The molecule has 2 aromatic rings. The highest BCUT2D eigenvalue weighted by molar-refractivity contribution is 7.13. The van der Waals surface area contributed by atoms with Gasteiger partial charge in [0.1, 0.15) is 16.4 Å². The van der Waals surface area contributed by atoms with E-state index in [0.717, 1.165) is 0 Å². The van der Waals surface area contributed by atoms with Gasteiger partial charge in [0.05, 0.1) is 6.20 Å². The SMILES string of the molecule is CCNC(=O)c1csc(-c2cnccn2)n1. The van der Waals surface area contributed by atoms with Crippen LogP contribution in [0.15, 0.2) is 24.0 Å². The van der Waals surface area contributed by atoms with E-state index < -0.39 is 0 Å². The Balaban J connectivity index is 2.23. The first-order valence-corrected chi connectivity index (χ1v) is 5.69. The van der Waals surface area contributed by atoms with E-state index in [1.807, 2.05) is 6.92 Å². The zero-order valence-corrected chi connectivity index (χ0v) is 9.49. The Morgan fingerprint density at radius 3 is 3.06 bits per heavy atom. The van der Waals surface area contributed by atoms with Crippen LogP contribution in [-0.2, 0) is 0 Å². The Morgan fingerprint density at radius 1 is 1.50 bits per heavy atom. The monoisotopic (exact) mass is 234 g/mol. The number of thiazole rings is 1. The highest BCUT2D eigenvalue weighted by Crippen LogP contribution is 2.20. The fourth-order valence-corrected chi connectivity index (χ4v) is 1.92. The van der Waals surface area contributed by atoms with Gasteiger partial charge in [-0.3, -0.25) is 14.8 Å². The molecular formula is C10H10N4OS. The molecule has 0 aromatic carbocycles. The van der Waals surface area contributed by atoms with Crippen molar-refractivity contribution in [3.63, 3.8) is 0 Å². The smallest absolute Gasteiger partial charge is 0.270 e. The minimum atomic E-state index is -0.158. The van der Waals surface area contributed by atoms with E-state index in [-0.39, 0.29) is 5.91 Å². The van der Waals surface area contributed by atoms with E-state index >= 15 is 0 Å². The van der Waals surface area contributed by atoms with Crippen molar-refractivity contribution in [3.05, 3.63) is 29.7 Å². The number of hydrogen-bond donors (Lipinski definition) is 1. The van der Waals surface area contributed by atoms with Crippen LogP contribution >= 0.6 is 11.3 Å². The molecule has 2 heterocycles. The van der Waals surface area contributed by atoms with Gasteiger partial charge in [0.2, 0.25) is 0 Å². The summed E-state index contributed by atoms with van der Waals surface area (Å²) in [6.45, 7) is 2.46. The summed E-state index contributed by atoms with van der Waals surface area (Å²) in [6, 6.07) is 0. The van der Waals surface area contributed by atoms with Gasteiger partial charge in [0.15, 0.2) is 0 Å². The van der Waals surface area contributed by atoms with Crippen molar-refractivity contribution in [2.24, 2.45) is 0 Å². The fraction of sp³-hybridized carbons (Fsp3) is 0.200. The van der Waals surface area contributed by atoms with Gasteiger partial charge in [-0.05, 0) is 6.92 Å². The number of hydrogen-bond acceptors (Lipinski definition) is 5. The average Bonchev–Trinajstić information content (AvgIpc) is 2.80. The fourth-order valence-electron chi connectivity index (χ4n) is 1.16. The van der Waals surface area contributed by atoms with Crippen molar-refractivity contribution >= 4 is 17.2 Å². The molecule has 0 spiro atoms. The average molecular weight is 234 g/mol. The molecular weight excluding hydrogens is 224 g/mol. The van der Waals surface area contributed by atoms with Crippen molar-refractivity contribution in [2.75, 3.05) is 6.54 Å². The lowest BCUT2D eigenvalue weighted by Crippen LogP contribution is -2.22. The molecule has 2 aromatic heterocycles. The van der Waals surface area contributed by atoms with Gasteiger partial charge < -0.3 is 5.32 Å². The third-order valence-electron chi connectivity index (χ3n) is 1.86. The largest absolute Gasteiger partial charge is 0.351 e. The van der Waals surface area contributed by atoms with Crippen LogP contribution in [0.5, 0.6) is 0 Å². The summed E-state index contributed by atoms with van der Waals surface area (Å²) in [5.74, 6) is -0.158. The molecule has 0 aliphatic rings. The lowest BCUT2D eigenvalue weighted by atomic mass is 10.4. The van der Waals surface area contributed by atoms with Crippen LogP contribution in [0.25, 0.3) is 10.7 Å². The van der Waals surface area contributed by atoms with Gasteiger partial charge in [-0.2, -0.15) is 0 Å². The lowest BCUT2D eigenvalue weighted by Gasteiger charge is -1.96. The summed E-state index contributed by atoms with van der Waals surface area (Å²) < 4.78 is 0. The number of nitrogens with one attached hydrogen (secondary N) is 1. The van der Waals surface area contributed by atoms with Crippen LogP contribution in [0.4, 0.5) is 0 Å². The Bertz CT molecular complexity index is 483. The van der Waals surface area contributed by atoms with Crippen LogP contribution in [0.1, 0.15) is 17.4 Å². The quantitative estimate of drug-likeness (QED) is 0.870. The van der Waals surface area contributed by atoms with E-state index in [1.54, 1.807) is 24.0 Å². The van der Waals surface area contributed by atoms with Crippen molar-refractivity contribution < 1.29 is 4.79 Å². The predicted molar refractivity (Wildman–Crippen MR) is 61.1 cm³/mol. The zero-order valence-electron chi connectivity index (χ0n) is 8.67.